The molecule has 0 aromatic rings. The standard InChI is InChI=1S/C15H30Si/c1-16(2,3)15-13-11-9-7-5-4-6-8-10-12-14-15/h13H,4-12,14H2,1-3H3/b15-13+. The molecule has 94 valence electrons. The predicted molar refractivity (Wildman–Crippen MR) is 77.6 cm³/mol. The summed E-state index contributed by atoms with van der Waals surface area (Å²) in [6.07, 6.45) is 17.0. The summed E-state index contributed by atoms with van der Waals surface area (Å²) in [5, 5.41) is 1.84. The molecule has 0 spiro atoms. The smallest absolute Gasteiger partial charge is 0.0720 e. The Morgan fingerprint density at radius 1 is 0.750 bits per heavy atom. The van der Waals surface area contributed by atoms with Gasteiger partial charge < -0.3 is 0 Å². The summed E-state index contributed by atoms with van der Waals surface area (Å²) in [5.41, 5.74) is 0. The molecule has 0 unspecified atom stereocenters. The zero-order chi connectivity index (χ0) is 11.9. The maximum atomic E-state index is 2.60. The van der Waals surface area contributed by atoms with E-state index in [-0.39, 0.29) is 0 Å². The minimum absolute atomic E-state index is 1.02. The van der Waals surface area contributed by atoms with E-state index >= 15 is 0 Å². The minimum Gasteiger partial charge on any atom is -0.0892 e. The molecule has 1 aliphatic rings. The predicted octanol–water partition coefficient (Wildman–Crippen LogP) is 5.70. The van der Waals surface area contributed by atoms with Crippen LogP contribution in [0.3, 0.4) is 0 Å². The van der Waals surface area contributed by atoms with Gasteiger partial charge in [-0.2, -0.15) is 0 Å². The molecule has 16 heavy (non-hydrogen) atoms. The zero-order valence-electron chi connectivity index (χ0n) is 11.6. The third kappa shape index (κ3) is 5.88. The van der Waals surface area contributed by atoms with Gasteiger partial charge in [0.05, 0.1) is 8.07 Å². The summed E-state index contributed by atoms with van der Waals surface area (Å²) >= 11 is 0. The van der Waals surface area contributed by atoms with Crippen LogP contribution >= 0.6 is 0 Å². The van der Waals surface area contributed by atoms with Gasteiger partial charge in [0.2, 0.25) is 0 Å². The van der Waals surface area contributed by atoms with Crippen molar-refractivity contribution in [3.63, 3.8) is 0 Å². The second-order valence-electron chi connectivity index (χ2n) is 6.35. The fraction of sp³-hybridized carbons (Fsp3) is 0.867. The average molecular weight is 238 g/mol. The Bertz CT molecular complexity index is 210. The summed E-state index contributed by atoms with van der Waals surface area (Å²) in [5.74, 6) is 0. The van der Waals surface area contributed by atoms with E-state index in [1.807, 2.05) is 5.20 Å². The van der Waals surface area contributed by atoms with Gasteiger partial charge in [0.25, 0.3) is 0 Å². The van der Waals surface area contributed by atoms with Gasteiger partial charge in [-0.1, -0.05) is 69.4 Å². The first-order valence-electron chi connectivity index (χ1n) is 7.30. The van der Waals surface area contributed by atoms with E-state index in [1.54, 1.807) is 0 Å². The van der Waals surface area contributed by atoms with Crippen LogP contribution in [0, 0.1) is 0 Å². The lowest BCUT2D eigenvalue weighted by molar-refractivity contribution is 0.565. The molecule has 0 N–H and O–H groups in total. The maximum absolute atomic E-state index is 2.60. The molecule has 0 aromatic heterocycles. The van der Waals surface area contributed by atoms with E-state index in [9.17, 15) is 0 Å². The monoisotopic (exact) mass is 238 g/mol. The first-order chi connectivity index (χ1) is 7.61. The summed E-state index contributed by atoms with van der Waals surface area (Å²) in [6.45, 7) is 7.51. The normalized spacial score (nSPS) is 25.1. The lowest BCUT2D eigenvalue weighted by Gasteiger charge is -2.21. The number of hydrogen-bond donors (Lipinski definition) is 0. The first-order valence-corrected chi connectivity index (χ1v) is 10.8. The highest BCUT2D eigenvalue weighted by molar-refractivity contribution is 6.83. The van der Waals surface area contributed by atoms with Crippen LogP contribution in [0.4, 0.5) is 0 Å². The van der Waals surface area contributed by atoms with Gasteiger partial charge in [-0.3, -0.25) is 0 Å². The topological polar surface area (TPSA) is 0 Å². The summed E-state index contributed by atoms with van der Waals surface area (Å²) in [7, 11) is -1.02. The number of rotatable bonds is 1. The molecule has 0 bridgehead atoms. The molecule has 1 rings (SSSR count). The fourth-order valence-electron chi connectivity index (χ4n) is 2.58. The SMILES string of the molecule is C[Si](C)(C)/C1=C/CCCCCCCCCC1. The lowest BCUT2D eigenvalue weighted by atomic mass is 10.0. The molecule has 0 aliphatic heterocycles. The van der Waals surface area contributed by atoms with Crippen LogP contribution < -0.4 is 0 Å². The van der Waals surface area contributed by atoms with Crippen LogP contribution in [0.25, 0.3) is 0 Å². The summed E-state index contributed by atoms with van der Waals surface area (Å²) < 4.78 is 0. The van der Waals surface area contributed by atoms with E-state index in [4.69, 9.17) is 0 Å². The van der Waals surface area contributed by atoms with Crippen LogP contribution in [0.2, 0.25) is 19.6 Å². The van der Waals surface area contributed by atoms with Crippen molar-refractivity contribution >= 4 is 8.07 Å². The molecule has 0 saturated heterocycles. The molecule has 0 aromatic carbocycles. The molecular weight excluding hydrogens is 208 g/mol. The van der Waals surface area contributed by atoms with Gasteiger partial charge in [0.15, 0.2) is 0 Å². The van der Waals surface area contributed by atoms with Crippen molar-refractivity contribution in [2.75, 3.05) is 0 Å². The Hall–Kier alpha value is -0.0431. The van der Waals surface area contributed by atoms with E-state index in [0.29, 0.717) is 0 Å². The highest BCUT2D eigenvalue weighted by atomic mass is 28.3. The van der Waals surface area contributed by atoms with Crippen molar-refractivity contribution in [3.8, 4) is 0 Å². The van der Waals surface area contributed by atoms with Gasteiger partial charge >= 0.3 is 0 Å². The maximum Gasteiger partial charge on any atom is 0.0720 e. The van der Waals surface area contributed by atoms with Crippen LogP contribution in [-0.4, -0.2) is 8.07 Å². The second-order valence-corrected chi connectivity index (χ2v) is 11.5. The highest BCUT2D eigenvalue weighted by Gasteiger charge is 2.18. The van der Waals surface area contributed by atoms with Gasteiger partial charge in [-0.15, -0.1) is 0 Å². The molecule has 0 amide bonds. The molecular formula is C15H30Si. The highest BCUT2D eigenvalue weighted by Crippen LogP contribution is 2.23. The number of allylic oxidation sites excluding steroid dienone is 2. The Morgan fingerprint density at radius 3 is 1.81 bits per heavy atom. The summed E-state index contributed by atoms with van der Waals surface area (Å²) in [6, 6.07) is 0. The Morgan fingerprint density at radius 2 is 1.25 bits per heavy atom. The van der Waals surface area contributed by atoms with Gasteiger partial charge in [0, 0.05) is 0 Å². The van der Waals surface area contributed by atoms with Gasteiger partial charge in [0.1, 0.15) is 0 Å². The molecule has 0 heterocycles. The van der Waals surface area contributed by atoms with Crippen LogP contribution in [0.1, 0.15) is 64.2 Å². The fourth-order valence-corrected chi connectivity index (χ4v) is 4.26. The lowest BCUT2D eigenvalue weighted by Crippen LogP contribution is -2.24. The van der Waals surface area contributed by atoms with Crippen molar-refractivity contribution in [1.29, 1.82) is 0 Å². The van der Waals surface area contributed by atoms with Crippen molar-refractivity contribution in [2.45, 2.75) is 83.8 Å². The quantitative estimate of drug-likeness (QED) is 0.514. The number of hydrogen-bond acceptors (Lipinski definition) is 0. The Kier molecular flexibility index (Phi) is 6.41. The van der Waals surface area contributed by atoms with E-state index < -0.39 is 8.07 Å². The molecule has 0 saturated carbocycles. The van der Waals surface area contributed by atoms with Gasteiger partial charge in [-0.25, -0.2) is 0 Å². The largest absolute Gasteiger partial charge is 0.0892 e. The Balaban J connectivity index is 2.50. The molecule has 1 aliphatic carbocycles. The van der Waals surface area contributed by atoms with Crippen molar-refractivity contribution in [1.82, 2.24) is 0 Å². The van der Waals surface area contributed by atoms with Crippen molar-refractivity contribution in [2.24, 2.45) is 0 Å². The van der Waals surface area contributed by atoms with E-state index in [0.717, 1.165) is 0 Å². The van der Waals surface area contributed by atoms with E-state index in [2.05, 4.69) is 25.7 Å². The van der Waals surface area contributed by atoms with E-state index in [1.165, 1.54) is 64.2 Å². The van der Waals surface area contributed by atoms with Crippen LogP contribution in [0.15, 0.2) is 11.3 Å². The molecule has 0 nitrogen and oxygen atoms in total. The van der Waals surface area contributed by atoms with Crippen LogP contribution in [0.5, 0.6) is 0 Å². The van der Waals surface area contributed by atoms with Gasteiger partial charge in [-0.05, 0) is 25.7 Å². The first kappa shape index (κ1) is 14.0. The third-order valence-corrected chi connectivity index (χ3v) is 6.14. The third-order valence-electron chi connectivity index (χ3n) is 3.75. The Labute approximate surface area is 104 Å². The van der Waals surface area contributed by atoms with Crippen molar-refractivity contribution < 1.29 is 0 Å². The minimum atomic E-state index is -1.02. The average Bonchev–Trinajstić information content (AvgIpc) is 2.16. The zero-order valence-corrected chi connectivity index (χ0v) is 12.6. The van der Waals surface area contributed by atoms with Crippen LogP contribution in [-0.2, 0) is 0 Å². The molecule has 0 fully saturated rings. The molecule has 0 atom stereocenters. The van der Waals surface area contributed by atoms with Crippen molar-refractivity contribution in [3.05, 3.63) is 11.3 Å². The molecule has 0 radical (unpaired) electrons. The molecule has 1 heteroatoms. The second kappa shape index (κ2) is 7.32. The summed E-state index contributed by atoms with van der Waals surface area (Å²) in [4.78, 5) is 0.